The summed E-state index contributed by atoms with van der Waals surface area (Å²) in [5.41, 5.74) is 3.98. The van der Waals surface area contributed by atoms with E-state index in [4.69, 9.17) is 9.47 Å². The van der Waals surface area contributed by atoms with Crippen molar-refractivity contribution in [3.05, 3.63) is 89.5 Å². The molecule has 6 nitrogen and oxygen atoms in total. The van der Waals surface area contributed by atoms with Gasteiger partial charge in [-0.15, -0.1) is 0 Å². The van der Waals surface area contributed by atoms with Gasteiger partial charge in [0.25, 0.3) is 5.91 Å². The summed E-state index contributed by atoms with van der Waals surface area (Å²) in [7, 11) is 1.60. The molecular weight excluding hydrogens is 416 g/mol. The predicted molar refractivity (Wildman–Crippen MR) is 128 cm³/mol. The molecule has 1 unspecified atom stereocenters. The van der Waals surface area contributed by atoms with Gasteiger partial charge in [0.15, 0.2) is 6.61 Å². The van der Waals surface area contributed by atoms with Gasteiger partial charge in [0.2, 0.25) is 5.91 Å². The quantitative estimate of drug-likeness (QED) is 0.579. The minimum absolute atomic E-state index is 0.113. The SMILES string of the molecule is CCC(=O)N1CCc2ccc(OCC(=O)Nc3ccc(OC)cc3)cc2C1c1ccccc1. The summed E-state index contributed by atoms with van der Waals surface area (Å²) in [5.74, 6) is 1.20. The van der Waals surface area contributed by atoms with E-state index in [1.165, 1.54) is 5.56 Å². The van der Waals surface area contributed by atoms with E-state index in [-0.39, 0.29) is 24.5 Å². The Labute approximate surface area is 194 Å². The lowest BCUT2D eigenvalue weighted by Gasteiger charge is -2.38. The predicted octanol–water partition coefficient (Wildman–Crippen LogP) is 4.60. The van der Waals surface area contributed by atoms with E-state index in [9.17, 15) is 9.59 Å². The Bertz CT molecular complexity index is 1110. The second-order valence-corrected chi connectivity index (χ2v) is 7.93. The van der Waals surface area contributed by atoms with Crippen LogP contribution in [0.25, 0.3) is 0 Å². The van der Waals surface area contributed by atoms with E-state index >= 15 is 0 Å². The number of nitrogens with one attached hydrogen (secondary N) is 1. The molecule has 4 rings (SSSR count). The van der Waals surface area contributed by atoms with Crippen LogP contribution in [0.2, 0.25) is 0 Å². The van der Waals surface area contributed by atoms with Gasteiger partial charge >= 0.3 is 0 Å². The number of anilines is 1. The number of hydrogen-bond donors (Lipinski definition) is 1. The van der Waals surface area contributed by atoms with Gasteiger partial charge < -0.3 is 19.7 Å². The molecule has 0 saturated heterocycles. The van der Waals surface area contributed by atoms with Crippen LogP contribution in [-0.4, -0.2) is 37.0 Å². The van der Waals surface area contributed by atoms with Crippen LogP contribution in [0.4, 0.5) is 5.69 Å². The molecule has 6 heteroatoms. The lowest BCUT2D eigenvalue weighted by molar-refractivity contribution is -0.132. The van der Waals surface area contributed by atoms with Crippen molar-refractivity contribution in [2.24, 2.45) is 0 Å². The van der Waals surface area contributed by atoms with E-state index in [1.54, 1.807) is 31.4 Å². The third kappa shape index (κ3) is 5.17. The summed E-state index contributed by atoms with van der Waals surface area (Å²) >= 11 is 0. The number of nitrogens with zero attached hydrogens (tertiary/aromatic N) is 1. The first kappa shape index (κ1) is 22.4. The molecule has 2 amide bonds. The fourth-order valence-electron chi connectivity index (χ4n) is 4.17. The normalized spacial score (nSPS) is 14.8. The van der Waals surface area contributed by atoms with E-state index in [2.05, 4.69) is 5.32 Å². The van der Waals surface area contributed by atoms with Crippen LogP contribution in [0.5, 0.6) is 11.5 Å². The highest BCUT2D eigenvalue weighted by Gasteiger charge is 2.31. The molecule has 33 heavy (non-hydrogen) atoms. The van der Waals surface area contributed by atoms with Gasteiger partial charge in [-0.25, -0.2) is 0 Å². The number of ether oxygens (including phenoxy) is 2. The molecule has 0 spiro atoms. The maximum absolute atomic E-state index is 12.7. The molecule has 0 fully saturated rings. The van der Waals surface area contributed by atoms with E-state index in [1.807, 2.05) is 60.4 Å². The van der Waals surface area contributed by atoms with Gasteiger partial charge in [0, 0.05) is 18.7 Å². The molecule has 0 bridgehead atoms. The summed E-state index contributed by atoms with van der Waals surface area (Å²) < 4.78 is 11.0. The average molecular weight is 445 g/mol. The average Bonchev–Trinajstić information content (AvgIpc) is 2.87. The minimum Gasteiger partial charge on any atom is -0.497 e. The Hall–Kier alpha value is -3.80. The van der Waals surface area contributed by atoms with Crippen LogP contribution >= 0.6 is 0 Å². The van der Waals surface area contributed by atoms with E-state index in [0.29, 0.717) is 24.4 Å². The monoisotopic (exact) mass is 444 g/mol. The number of fused-ring (bicyclic) bond motifs is 1. The fraction of sp³-hybridized carbons (Fsp3) is 0.259. The summed E-state index contributed by atoms with van der Waals surface area (Å²) in [6, 6.07) is 22.9. The molecule has 1 aliphatic heterocycles. The van der Waals surface area contributed by atoms with Crippen LogP contribution in [-0.2, 0) is 16.0 Å². The molecule has 1 atom stereocenters. The second kappa shape index (κ2) is 10.2. The Kier molecular flexibility index (Phi) is 6.93. The van der Waals surface area contributed by atoms with Gasteiger partial charge in [0.05, 0.1) is 13.2 Å². The molecule has 0 saturated carbocycles. The first-order chi connectivity index (χ1) is 16.1. The van der Waals surface area contributed by atoms with Crippen molar-refractivity contribution in [1.29, 1.82) is 0 Å². The zero-order chi connectivity index (χ0) is 23.2. The highest BCUT2D eigenvalue weighted by Crippen LogP contribution is 2.37. The number of rotatable bonds is 7. The van der Waals surface area contributed by atoms with Gasteiger partial charge in [0.1, 0.15) is 11.5 Å². The molecular formula is C27H28N2O4. The van der Waals surface area contributed by atoms with Crippen LogP contribution in [0.3, 0.4) is 0 Å². The maximum atomic E-state index is 12.7. The van der Waals surface area contributed by atoms with Gasteiger partial charge in [-0.05, 0) is 59.5 Å². The van der Waals surface area contributed by atoms with Gasteiger partial charge in [-0.3, -0.25) is 9.59 Å². The largest absolute Gasteiger partial charge is 0.497 e. The first-order valence-corrected chi connectivity index (χ1v) is 11.1. The lowest BCUT2D eigenvalue weighted by atomic mass is 9.87. The molecule has 170 valence electrons. The van der Waals surface area contributed by atoms with Crippen molar-refractivity contribution in [3.8, 4) is 11.5 Å². The molecule has 1 N–H and O–H groups in total. The number of benzene rings is 3. The standard InChI is InChI=1S/C27H28N2O4/c1-3-26(31)29-16-15-19-9-12-23(17-24(19)27(29)20-7-5-4-6-8-20)33-18-25(30)28-21-10-13-22(32-2)14-11-21/h4-14,17,27H,3,15-16,18H2,1-2H3,(H,28,30). The third-order valence-electron chi connectivity index (χ3n) is 5.83. The Morgan fingerprint density at radius 2 is 1.73 bits per heavy atom. The number of amides is 2. The Morgan fingerprint density at radius 3 is 2.42 bits per heavy atom. The Morgan fingerprint density at radius 1 is 1.00 bits per heavy atom. The highest BCUT2D eigenvalue weighted by molar-refractivity contribution is 5.91. The smallest absolute Gasteiger partial charge is 0.262 e. The first-order valence-electron chi connectivity index (χ1n) is 11.1. The Balaban J connectivity index is 1.51. The number of methoxy groups -OCH3 is 1. The van der Waals surface area contributed by atoms with Crippen LogP contribution in [0.15, 0.2) is 72.8 Å². The summed E-state index contributed by atoms with van der Waals surface area (Å²) in [6.07, 6.45) is 1.25. The van der Waals surface area contributed by atoms with Crippen LogP contribution in [0.1, 0.15) is 36.1 Å². The number of carbonyl (C=O) groups excluding carboxylic acids is 2. The molecule has 1 heterocycles. The van der Waals surface area contributed by atoms with Crippen molar-refractivity contribution >= 4 is 17.5 Å². The van der Waals surface area contributed by atoms with Gasteiger partial charge in [-0.1, -0.05) is 43.3 Å². The molecule has 1 aliphatic rings. The topological polar surface area (TPSA) is 67.9 Å². The molecule has 3 aromatic carbocycles. The zero-order valence-electron chi connectivity index (χ0n) is 18.9. The minimum atomic E-state index is -0.250. The van der Waals surface area contributed by atoms with Crippen molar-refractivity contribution in [2.45, 2.75) is 25.8 Å². The van der Waals surface area contributed by atoms with Gasteiger partial charge in [-0.2, -0.15) is 0 Å². The van der Waals surface area contributed by atoms with Crippen molar-refractivity contribution < 1.29 is 19.1 Å². The molecule has 0 aliphatic carbocycles. The summed E-state index contributed by atoms with van der Waals surface area (Å²) in [6.45, 7) is 2.46. The number of carbonyl (C=O) groups is 2. The zero-order valence-corrected chi connectivity index (χ0v) is 18.9. The molecule has 0 radical (unpaired) electrons. The van der Waals surface area contributed by atoms with E-state index < -0.39 is 0 Å². The van der Waals surface area contributed by atoms with E-state index in [0.717, 1.165) is 23.3 Å². The fourth-order valence-corrected chi connectivity index (χ4v) is 4.17. The summed E-state index contributed by atoms with van der Waals surface area (Å²) in [4.78, 5) is 27.0. The highest BCUT2D eigenvalue weighted by atomic mass is 16.5. The van der Waals surface area contributed by atoms with Crippen molar-refractivity contribution in [1.82, 2.24) is 4.90 Å². The van der Waals surface area contributed by atoms with Crippen LogP contribution < -0.4 is 14.8 Å². The number of hydrogen-bond acceptors (Lipinski definition) is 4. The molecule has 3 aromatic rings. The second-order valence-electron chi connectivity index (χ2n) is 7.93. The molecule has 0 aromatic heterocycles. The maximum Gasteiger partial charge on any atom is 0.262 e. The van der Waals surface area contributed by atoms with Crippen LogP contribution in [0, 0.1) is 0 Å². The third-order valence-corrected chi connectivity index (χ3v) is 5.83. The lowest BCUT2D eigenvalue weighted by Crippen LogP contribution is -2.40. The summed E-state index contributed by atoms with van der Waals surface area (Å²) in [5, 5.41) is 2.82. The van der Waals surface area contributed by atoms with Crippen molar-refractivity contribution in [2.75, 3.05) is 25.6 Å². The van der Waals surface area contributed by atoms with Crippen molar-refractivity contribution in [3.63, 3.8) is 0 Å².